The van der Waals surface area contributed by atoms with Gasteiger partial charge in [-0.2, -0.15) is 8.42 Å². The summed E-state index contributed by atoms with van der Waals surface area (Å²) in [5.41, 5.74) is 0.567. The van der Waals surface area contributed by atoms with Gasteiger partial charge >= 0.3 is 0 Å². The lowest BCUT2D eigenvalue weighted by molar-refractivity contribution is -0.129. The summed E-state index contributed by atoms with van der Waals surface area (Å²) in [5.74, 6) is -1.11. The Morgan fingerprint density at radius 3 is 2.52 bits per heavy atom. The molecule has 0 radical (unpaired) electrons. The van der Waals surface area contributed by atoms with Crippen molar-refractivity contribution in [2.24, 2.45) is 0 Å². The van der Waals surface area contributed by atoms with Gasteiger partial charge in [-0.3, -0.25) is 14.2 Å². The molecule has 1 aliphatic rings. The zero-order valence-corrected chi connectivity index (χ0v) is 18.6. The standard InChI is InChI=1S/C19H18BrFN2O4S2/c1-23-17(24)19(22-18(23)28,14-7-8-16(21)15(20)11-14)13-6-2-4-12(10-13)5-3-9-29(25,26)27/h2,4,6-8,10-11H,3,5,9H2,1H3,(H,22,28)(H,25,26,27). The predicted molar refractivity (Wildman–Crippen MR) is 115 cm³/mol. The number of carbonyl (C=O) groups excluding carboxylic acids is 1. The van der Waals surface area contributed by atoms with Crippen molar-refractivity contribution < 1.29 is 22.2 Å². The fourth-order valence-corrected chi connectivity index (χ4v) is 4.47. The van der Waals surface area contributed by atoms with Crippen molar-refractivity contribution in [3.63, 3.8) is 0 Å². The van der Waals surface area contributed by atoms with Gasteiger partial charge in [0.2, 0.25) is 0 Å². The van der Waals surface area contributed by atoms with Gasteiger partial charge < -0.3 is 5.32 Å². The highest BCUT2D eigenvalue weighted by atomic mass is 79.9. The number of hydrogen-bond acceptors (Lipinski definition) is 4. The minimum atomic E-state index is -4.04. The summed E-state index contributed by atoms with van der Waals surface area (Å²) in [4.78, 5) is 14.6. The highest BCUT2D eigenvalue weighted by Gasteiger charge is 2.51. The van der Waals surface area contributed by atoms with E-state index in [0.717, 1.165) is 5.56 Å². The average molecular weight is 501 g/mol. The molecular formula is C19H18BrFN2O4S2. The smallest absolute Gasteiger partial charge is 0.264 e. The highest BCUT2D eigenvalue weighted by Crippen LogP contribution is 2.37. The SMILES string of the molecule is CN1C(=O)C(c2cccc(CCCS(=O)(=O)O)c2)(c2ccc(F)c(Br)c2)NC1=S. The van der Waals surface area contributed by atoms with Gasteiger partial charge in [0.25, 0.3) is 16.0 Å². The molecule has 2 aromatic carbocycles. The van der Waals surface area contributed by atoms with Gasteiger partial charge in [-0.1, -0.05) is 30.3 Å². The van der Waals surface area contributed by atoms with Crippen LogP contribution in [0.25, 0.3) is 0 Å². The van der Waals surface area contributed by atoms with Crippen LogP contribution in [-0.2, 0) is 26.9 Å². The molecule has 1 aliphatic heterocycles. The third kappa shape index (κ3) is 4.35. The second-order valence-electron chi connectivity index (χ2n) is 6.76. The first kappa shape index (κ1) is 21.8. The monoisotopic (exact) mass is 500 g/mol. The quantitative estimate of drug-likeness (QED) is 0.468. The Kier molecular flexibility index (Phi) is 6.09. The van der Waals surface area contributed by atoms with Crippen LogP contribution in [-0.4, -0.2) is 41.7 Å². The number of thiocarbonyl (C=S) groups is 1. The number of carbonyl (C=O) groups is 1. The molecule has 1 heterocycles. The number of hydrogen-bond donors (Lipinski definition) is 2. The molecule has 0 spiro atoms. The first-order valence-corrected chi connectivity index (χ1v) is 11.5. The number of halogens is 2. The van der Waals surface area contributed by atoms with Crippen LogP contribution in [0.4, 0.5) is 4.39 Å². The van der Waals surface area contributed by atoms with E-state index in [2.05, 4.69) is 21.2 Å². The number of nitrogens with zero attached hydrogens (tertiary/aromatic N) is 1. The van der Waals surface area contributed by atoms with Crippen molar-refractivity contribution in [3.8, 4) is 0 Å². The number of benzene rings is 2. The summed E-state index contributed by atoms with van der Waals surface area (Å²) < 4.78 is 44.8. The third-order valence-corrected chi connectivity index (χ3v) is 6.59. The molecule has 2 N–H and O–H groups in total. The molecule has 1 saturated heterocycles. The molecular weight excluding hydrogens is 483 g/mol. The predicted octanol–water partition coefficient (Wildman–Crippen LogP) is 3.00. The zero-order valence-electron chi connectivity index (χ0n) is 15.4. The summed E-state index contributed by atoms with van der Waals surface area (Å²) >= 11 is 8.45. The second kappa shape index (κ2) is 8.10. The Morgan fingerprint density at radius 2 is 1.93 bits per heavy atom. The number of aryl methyl sites for hydroxylation is 1. The first-order chi connectivity index (χ1) is 13.5. The molecule has 2 aromatic rings. The normalized spacial score (nSPS) is 19.5. The summed E-state index contributed by atoms with van der Waals surface area (Å²) in [6.07, 6.45) is 0.627. The zero-order chi connectivity index (χ0) is 21.4. The minimum absolute atomic E-state index is 0.216. The molecule has 1 amide bonds. The topological polar surface area (TPSA) is 86.7 Å². The summed E-state index contributed by atoms with van der Waals surface area (Å²) in [5, 5.41) is 3.33. The molecule has 1 atom stereocenters. The lowest BCUT2D eigenvalue weighted by atomic mass is 9.82. The summed E-state index contributed by atoms with van der Waals surface area (Å²) in [6, 6.07) is 11.4. The highest BCUT2D eigenvalue weighted by molar-refractivity contribution is 9.10. The fourth-order valence-electron chi connectivity index (χ4n) is 3.35. The molecule has 0 saturated carbocycles. The van der Waals surface area contributed by atoms with E-state index in [0.29, 0.717) is 17.5 Å². The van der Waals surface area contributed by atoms with Gasteiger partial charge in [-0.15, -0.1) is 0 Å². The fraction of sp³-hybridized carbons (Fsp3) is 0.263. The van der Waals surface area contributed by atoms with E-state index < -0.39 is 21.5 Å². The largest absolute Gasteiger partial charge is 0.341 e. The maximum Gasteiger partial charge on any atom is 0.264 e. The third-order valence-electron chi connectivity index (χ3n) is 4.80. The van der Waals surface area contributed by atoms with Gasteiger partial charge in [0.15, 0.2) is 10.7 Å². The Labute approximate surface area is 182 Å². The minimum Gasteiger partial charge on any atom is -0.341 e. The molecule has 0 aromatic heterocycles. The number of nitrogens with one attached hydrogen (secondary N) is 1. The van der Waals surface area contributed by atoms with Crippen LogP contribution in [0.2, 0.25) is 0 Å². The van der Waals surface area contributed by atoms with Crippen LogP contribution >= 0.6 is 28.1 Å². The van der Waals surface area contributed by atoms with Crippen LogP contribution in [0.15, 0.2) is 46.9 Å². The van der Waals surface area contributed by atoms with Gasteiger partial charge in [0.05, 0.1) is 10.2 Å². The average Bonchev–Trinajstić information content (AvgIpc) is 2.88. The molecule has 3 rings (SSSR count). The lowest BCUT2D eigenvalue weighted by Crippen LogP contribution is -2.45. The van der Waals surface area contributed by atoms with Crippen molar-refractivity contribution in [2.45, 2.75) is 18.4 Å². The van der Waals surface area contributed by atoms with Gasteiger partial charge in [-0.05, 0) is 69.8 Å². The van der Waals surface area contributed by atoms with Crippen molar-refractivity contribution in [1.29, 1.82) is 0 Å². The van der Waals surface area contributed by atoms with E-state index in [4.69, 9.17) is 16.8 Å². The Bertz CT molecular complexity index is 1090. The van der Waals surface area contributed by atoms with Gasteiger partial charge in [0.1, 0.15) is 5.82 Å². The molecule has 1 unspecified atom stereocenters. The van der Waals surface area contributed by atoms with E-state index in [-0.39, 0.29) is 27.7 Å². The molecule has 154 valence electrons. The summed E-state index contributed by atoms with van der Waals surface area (Å²) in [6.45, 7) is 0. The molecule has 10 heteroatoms. The Balaban J connectivity index is 2.06. The van der Waals surface area contributed by atoms with Crippen LogP contribution in [0, 0.1) is 5.82 Å². The van der Waals surface area contributed by atoms with Gasteiger partial charge in [-0.25, -0.2) is 4.39 Å². The van der Waals surface area contributed by atoms with Crippen LogP contribution in [0.3, 0.4) is 0 Å². The molecule has 6 nitrogen and oxygen atoms in total. The second-order valence-corrected chi connectivity index (χ2v) is 9.58. The maximum atomic E-state index is 13.8. The Hall–Kier alpha value is -1.88. The van der Waals surface area contributed by atoms with Gasteiger partial charge in [0, 0.05) is 7.05 Å². The van der Waals surface area contributed by atoms with E-state index in [1.165, 1.54) is 23.1 Å². The number of rotatable bonds is 6. The van der Waals surface area contributed by atoms with Crippen LogP contribution in [0.5, 0.6) is 0 Å². The summed E-state index contributed by atoms with van der Waals surface area (Å²) in [7, 11) is -2.47. The van der Waals surface area contributed by atoms with E-state index in [1.807, 2.05) is 6.07 Å². The van der Waals surface area contributed by atoms with E-state index in [1.54, 1.807) is 25.2 Å². The van der Waals surface area contributed by atoms with Crippen molar-refractivity contribution in [2.75, 3.05) is 12.8 Å². The maximum absolute atomic E-state index is 13.8. The molecule has 29 heavy (non-hydrogen) atoms. The number of likely N-dealkylation sites (N-methyl/N-ethyl adjacent to an activating group) is 1. The van der Waals surface area contributed by atoms with E-state index >= 15 is 0 Å². The molecule has 0 bridgehead atoms. The Morgan fingerprint density at radius 1 is 1.24 bits per heavy atom. The van der Waals surface area contributed by atoms with Crippen LogP contribution < -0.4 is 5.32 Å². The number of amides is 1. The van der Waals surface area contributed by atoms with Crippen molar-refractivity contribution in [3.05, 3.63) is 69.4 Å². The first-order valence-electron chi connectivity index (χ1n) is 8.65. The van der Waals surface area contributed by atoms with Crippen molar-refractivity contribution in [1.82, 2.24) is 10.2 Å². The van der Waals surface area contributed by atoms with Crippen LogP contribution in [0.1, 0.15) is 23.1 Å². The van der Waals surface area contributed by atoms with E-state index in [9.17, 15) is 17.6 Å². The molecule has 1 fully saturated rings. The molecule has 0 aliphatic carbocycles. The lowest BCUT2D eigenvalue weighted by Gasteiger charge is -2.29. The van der Waals surface area contributed by atoms with Crippen molar-refractivity contribution >= 4 is 49.3 Å².